The Hall–Kier alpha value is -2.61. The Balaban J connectivity index is 1.81. The first-order valence-corrected chi connectivity index (χ1v) is 7.67. The van der Waals surface area contributed by atoms with Crippen LogP contribution in [0.4, 0.5) is 0 Å². The van der Waals surface area contributed by atoms with Gasteiger partial charge in [0.05, 0.1) is 17.6 Å². The highest BCUT2D eigenvalue weighted by Crippen LogP contribution is 2.28. The van der Waals surface area contributed by atoms with Crippen molar-refractivity contribution in [3.8, 4) is 11.8 Å². The van der Waals surface area contributed by atoms with Gasteiger partial charge in [0.2, 0.25) is 0 Å². The molecule has 0 atom stereocenters. The molecule has 0 N–H and O–H groups in total. The Kier molecular flexibility index (Phi) is 5.93. The Labute approximate surface area is 135 Å². The lowest BCUT2D eigenvalue weighted by molar-refractivity contribution is -0.147. The number of allylic oxidation sites excluding steroid dienone is 1. The summed E-state index contributed by atoms with van der Waals surface area (Å²) in [5.74, 6) is -0.345. The maximum atomic E-state index is 12.1. The Morgan fingerprint density at radius 1 is 1.17 bits per heavy atom. The summed E-state index contributed by atoms with van der Waals surface area (Å²) in [5.41, 5.74) is 0.522. The summed E-state index contributed by atoms with van der Waals surface area (Å²) < 4.78 is 10.6. The fourth-order valence-electron chi connectivity index (χ4n) is 2.55. The first-order chi connectivity index (χ1) is 11.1. The number of nitrogens with zero attached hydrogens (tertiary/aromatic N) is 1. The van der Waals surface area contributed by atoms with Crippen LogP contribution >= 0.6 is 0 Å². The second kappa shape index (κ2) is 8.14. The van der Waals surface area contributed by atoms with Gasteiger partial charge in [-0.15, -0.1) is 0 Å². The van der Waals surface area contributed by atoms with Crippen molar-refractivity contribution in [2.24, 2.45) is 5.92 Å². The van der Waals surface area contributed by atoms with Gasteiger partial charge < -0.3 is 9.47 Å². The standard InChI is InChI=1S/C18H19NO4/c1-2-3-17(20)22-15-10-6-14(7-11-15)18(21)23-16-8-4-13(12-19)5-9-16/h2-5,8-9,14-15H,6-7,10-11H2,1H3/t14-,15-. The molecule has 1 aromatic rings. The topological polar surface area (TPSA) is 76.4 Å². The van der Waals surface area contributed by atoms with Gasteiger partial charge in [-0.25, -0.2) is 4.79 Å². The van der Waals surface area contributed by atoms with E-state index in [-0.39, 0.29) is 24.0 Å². The summed E-state index contributed by atoms with van der Waals surface area (Å²) >= 11 is 0. The molecule has 1 fully saturated rings. The Morgan fingerprint density at radius 3 is 2.39 bits per heavy atom. The van der Waals surface area contributed by atoms with Gasteiger partial charge in [-0.05, 0) is 56.9 Å². The molecule has 1 saturated carbocycles. The third kappa shape index (κ3) is 4.96. The average Bonchev–Trinajstić information content (AvgIpc) is 2.56. The molecule has 1 aliphatic carbocycles. The second-order valence-electron chi connectivity index (χ2n) is 5.47. The molecule has 5 heteroatoms. The summed E-state index contributed by atoms with van der Waals surface area (Å²) in [6.07, 6.45) is 5.52. The van der Waals surface area contributed by atoms with Gasteiger partial charge in [0, 0.05) is 6.08 Å². The van der Waals surface area contributed by atoms with Gasteiger partial charge in [0.25, 0.3) is 0 Å². The SMILES string of the molecule is CC=CC(=O)O[C@H]1CC[C@H](C(=O)Oc2ccc(C#N)cc2)CC1. The van der Waals surface area contributed by atoms with E-state index in [1.54, 1.807) is 37.3 Å². The maximum absolute atomic E-state index is 12.1. The number of benzene rings is 1. The lowest BCUT2D eigenvalue weighted by atomic mass is 9.87. The highest BCUT2D eigenvalue weighted by Gasteiger charge is 2.29. The van der Waals surface area contributed by atoms with Crippen molar-refractivity contribution in [1.29, 1.82) is 5.26 Å². The molecule has 2 rings (SSSR count). The number of nitriles is 1. The maximum Gasteiger partial charge on any atom is 0.330 e. The van der Waals surface area contributed by atoms with Crippen LogP contribution in [0.3, 0.4) is 0 Å². The molecule has 120 valence electrons. The minimum absolute atomic E-state index is 0.127. The quantitative estimate of drug-likeness (QED) is 0.485. The molecule has 0 radical (unpaired) electrons. The minimum atomic E-state index is -0.337. The van der Waals surface area contributed by atoms with Crippen LogP contribution in [0.1, 0.15) is 38.2 Å². The van der Waals surface area contributed by atoms with Gasteiger partial charge in [-0.2, -0.15) is 5.26 Å². The lowest BCUT2D eigenvalue weighted by Gasteiger charge is -2.26. The minimum Gasteiger partial charge on any atom is -0.459 e. The van der Waals surface area contributed by atoms with Crippen LogP contribution in [0, 0.1) is 17.2 Å². The zero-order valence-corrected chi connectivity index (χ0v) is 13.0. The molecule has 0 unspecified atom stereocenters. The van der Waals surface area contributed by atoms with E-state index in [4.69, 9.17) is 14.7 Å². The molecule has 0 amide bonds. The van der Waals surface area contributed by atoms with Crippen molar-refractivity contribution < 1.29 is 19.1 Å². The van der Waals surface area contributed by atoms with Gasteiger partial charge in [-0.1, -0.05) is 6.08 Å². The number of carbonyl (C=O) groups excluding carboxylic acids is 2. The number of esters is 2. The van der Waals surface area contributed by atoms with Crippen molar-refractivity contribution in [2.75, 3.05) is 0 Å². The lowest BCUT2D eigenvalue weighted by Crippen LogP contribution is -2.29. The third-order valence-electron chi connectivity index (χ3n) is 3.79. The molecule has 0 saturated heterocycles. The van der Waals surface area contributed by atoms with Gasteiger partial charge in [0.15, 0.2) is 0 Å². The zero-order valence-electron chi connectivity index (χ0n) is 13.0. The van der Waals surface area contributed by atoms with Crippen LogP contribution in [-0.4, -0.2) is 18.0 Å². The van der Waals surface area contributed by atoms with Crippen LogP contribution in [0.5, 0.6) is 5.75 Å². The van der Waals surface area contributed by atoms with Gasteiger partial charge in [-0.3, -0.25) is 4.79 Å². The molecule has 0 bridgehead atoms. The molecule has 5 nitrogen and oxygen atoms in total. The fourth-order valence-corrected chi connectivity index (χ4v) is 2.55. The molecule has 1 aromatic carbocycles. The number of hydrogen-bond donors (Lipinski definition) is 0. The first kappa shape index (κ1) is 16.8. The van der Waals surface area contributed by atoms with Crippen molar-refractivity contribution in [2.45, 2.75) is 38.7 Å². The Morgan fingerprint density at radius 2 is 1.83 bits per heavy atom. The van der Waals surface area contributed by atoms with Crippen LogP contribution in [0.15, 0.2) is 36.4 Å². The monoisotopic (exact) mass is 313 g/mol. The van der Waals surface area contributed by atoms with Crippen molar-refractivity contribution in [1.82, 2.24) is 0 Å². The third-order valence-corrected chi connectivity index (χ3v) is 3.79. The second-order valence-corrected chi connectivity index (χ2v) is 5.47. The van der Waals surface area contributed by atoms with Gasteiger partial charge >= 0.3 is 11.9 Å². The predicted molar refractivity (Wildman–Crippen MR) is 83.4 cm³/mol. The number of hydrogen-bond acceptors (Lipinski definition) is 5. The van der Waals surface area contributed by atoms with E-state index >= 15 is 0 Å². The smallest absolute Gasteiger partial charge is 0.330 e. The largest absolute Gasteiger partial charge is 0.459 e. The molecule has 23 heavy (non-hydrogen) atoms. The van der Waals surface area contributed by atoms with Crippen molar-refractivity contribution in [3.63, 3.8) is 0 Å². The highest BCUT2D eigenvalue weighted by atomic mass is 16.5. The predicted octanol–water partition coefficient (Wildman–Crippen LogP) is 3.14. The van der Waals surface area contributed by atoms with Crippen LogP contribution in [-0.2, 0) is 14.3 Å². The molecular weight excluding hydrogens is 294 g/mol. The molecule has 0 aliphatic heterocycles. The number of rotatable bonds is 4. The molecule has 0 aromatic heterocycles. The summed E-state index contributed by atoms with van der Waals surface area (Å²) in [4.78, 5) is 23.5. The van der Waals surface area contributed by atoms with Crippen LogP contribution < -0.4 is 4.74 Å². The van der Waals surface area contributed by atoms with Crippen molar-refractivity contribution >= 4 is 11.9 Å². The molecule has 0 heterocycles. The molecule has 1 aliphatic rings. The van der Waals surface area contributed by atoms with Crippen LogP contribution in [0.2, 0.25) is 0 Å². The van der Waals surface area contributed by atoms with E-state index in [1.165, 1.54) is 6.08 Å². The summed E-state index contributed by atoms with van der Waals surface area (Å²) in [6, 6.07) is 8.46. The average molecular weight is 313 g/mol. The fraction of sp³-hybridized carbons (Fsp3) is 0.389. The summed E-state index contributed by atoms with van der Waals surface area (Å²) in [6.45, 7) is 1.76. The molecule has 0 spiro atoms. The molecular formula is C18H19NO4. The van der Waals surface area contributed by atoms with E-state index < -0.39 is 0 Å². The van der Waals surface area contributed by atoms with Crippen molar-refractivity contribution in [3.05, 3.63) is 42.0 Å². The summed E-state index contributed by atoms with van der Waals surface area (Å²) in [5, 5.41) is 8.74. The highest BCUT2D eigenvalue weighted by molar-refractivity contribution is 5.82. The van der Waals surface area contributed by atoms with Crippen LogP contribution in [0.25, 0.3) is 0 Å². The van der Waals surface area contributed by atoms with E-state index in [9.17, 15) is 9.59 Å². The number of carbonyl (C=O) groups is 2. The first-order valence-electron chi connectivity index (χ1n) is 7.67. The Bertz CT molecular complexity index is 619. The van der Waals surface area contributed by atoms with E-state index in [1.807, 2.05) is 6.07 Å². The normalized spacial score (nSPS) is 20.7. The van der Waals surface area contributed by atoms with Gasteiger partial charge in [0.1, 0.15) is 11.9 Å². The van der Waals surface area contributed by atoms with E-state index in [2.05, 4.69) is 0 Å². The van der Waals surface area contributed by atoms with E-state index in [0.717, 1.165) is 0 Å². The zero-order chi connectivity index (χ0) is 16.7. The number of ether oxygens (including phenoxy) is 2. The summed E-state index contributed by atoms with van der Waals surface area (Å²) in [7, 11) is 0. The van der Waals surface area contributed by atoms with E-state index in [0.29, 0.717) is 37.0 Å².